The average molecular weight is 1150 g/mol. The number of carbonyl (C=O) groups excluding carboxylic acids is 2. The Hall–Kier alpha value is -1.50. The van der Waals surface area contributed by atoms with Crippen LogP contribution in [0.3, 0.4) is 0 Å². The summed E-state index contributed by atoms with van der Waals surface area (Å²) in [4.78, 5) is 26.0. The number of rotatable bonds is 56. The summed E-state index contributed by atoms with van der Waals surface area (Å²) >= 11 is 0. The Balaban J connectivity index is 1.68. The van der Waals surface area contributed by atoms with Gasteiger partial charge in [0.05, 0.1) is 19.8 Å². The first-order valence-electron chi connectivity index (χ1n) is 33.6. The molecule has 2 fully saturated rings. The lowest BCUT2D eigenvalue weighted by molar-refractivity contribution is -0.332. The van der Waals surface area contributed by atoms with Crippen LogP contribution in [0.2, 0.25) is 0 Å². The van der Waals surface area contributed by atoms with E-state index in [0.29, 0.717) is 12.8 Å². The van der Waals surface area contributed by atoms with Crippen LogP contribution < -0.4 is 0 Å². The summed E-state index contributed by atoms with van der Waals surface area (Å²) in [6.07, 6.45) is 39.9. The van der Waals surface area contributed by atoms with E-state index in [1.165, 1.54) is 231 Å². The van der Waals surface area contributed by atoms with Gasteiger partial charge in [-0.15, -0.1) is 0 Å². The van der Waals surface area contributed by atoms with Crippen LogP contribution in [-0.4, -0.2) is 142 Å². The SMILES string of the molecule is CCCCCCCCCCCCCCCCCCCCCCCCCC(=O)OC[C@@H](CO[C@@H]1O[C@H](CO[C@@H]2O[C@H](CO)[C@H](O)C(O)C2O)[C@H](O)C(O)C1O)OC(=O)CCCCCCCCCCCCCCCCCCCCCCC. The van der Waals surface area contributed by atoms with E-state index in [2.05, 4.69) is 13.8 Å². The quantitative estimate of drug-likeness (QED) is 0.0222. The lowest BCUT2D eigenvalue weighted by atomic mass is 9.98. The number of hydrogen-bond acceptors (Lipinski definition) is 15. The molecule has 7 N–H and O–H groups in total. The van der Waals surface area contributed by atoms with Gasteiger partial charge in [0.15, 0.2) is 18.7 Å². The Bertz CT molecular complexity index is 1390. The van der Waals surface area contributed by atoms with Gasteiger partial charge in [-0.05, 0) is 12.8 Å². The molecule has 11 atom stereocenters. The molecule has 0 aliphatic carbocycles. The maximum atomic E-state index is 13.1. The lowest BCUT2D eigenvalue weighted by Crippen LogP contribution is -2.61. The first kappa shape index (κ1) is 74.6. The van der Waals surface area contributed by atoms with Gasteiger partial charge in [0.2, 0.25) is 0 Å². The lowest BCUT2D eigenvalue weighted by Gasteiger charge is -2.42. The second kappa shape index (κ2) is 51.9. The predicted molar refractivity (Wildman–Crippen MR) is 317 cm³/mol. The minimum absolute atomic E-state index is 0.174. The van der Waals surface area contributed by atoms with Crippen LogP contribution in [0.5, 0.6) is 0 Å². The number of ether oxygens (including phenoxy) is 6. The van der Waals surface area contributed by atoms with E-state index >= 15 is 0 Å². The monoisotopic (exact) mass is 1140 g/mol. The molecule has 0 radical (unpaired) electrons. The highest BCUT2D eigenvalue weighted by Crippen LogP contribution is 2.27. The zero-order valence-electron chi connectivity index (χ0n) is 51.1. The van der Waals surface area contributed by atoms with E-state index in [-0.39, 0.29) is 26.1 Å². The van der Waals surface area contributed by atoms with Crippen molar-refractivity contribution >= 4 is 11.9 Å². The van der Waals surface area contributed by atoms with Crippen molar-refractivity contribution in [3.8, 4) is 0 Å². The first-order chi connectivity index (χ1) is 39.0. The van der Waals surface area contributed by atoms with E-state index in [4.69, 9.17) is 28.4 Å². The van der Waals surface area contributed by atoms with Gasteiger partial charge in [0.25, 0.3) is 0 Å². The molecule has 4 unspecified atom stereocenters. The molecule has 0 amide bonds. The van der Waals surface area contributed by atoms with Crippen LogP contribution >= 0.6 is 0 Å². The van der Waals surface area contributed by atoms with Crippen LogP contribution in [0.4, 0.5) is 0 Å². The molecule has 0 spiro atoms. The Morgan fingerprint density at radius 1 is 0.350 bits per heavy atom. The number of esters is 2. The molecule has 2 heterocycles. The van der Waals surface area contributed by atoms with Crippen LogP contribution in [-0.2, 0) is 38.0 Å². The minimum atomic E-state index is -1.76. The van der Waals surface area contributed by atoms with Crippen molar-refractivity contribution in [3.05, 3.63) is 0 Å². The predicted octanol–water partition coefficient (Wildman–Crippen LogP) is 13.1. The summed E-state index contributed by atoms with van der Waals surface area (Å²) in [5.41, 5.74) is 0. The number of carbonyl (C=O) groups is 2. The van der Waals surface area contributed by atoms with Crippen molar-refractivity contribution in [3.63, 3.8) is 0 Å². The Morgan fingerprint density at radius 2 is 0.637 bits per heavy atom. The van der Waals surface area contributed by atoms with E-state index in [1.807, 2.05) is 0 Å². The standard InChI is InChI=1S/C65H124O15/c1-3-5-7-9-11-13-15-17-19-21-23-25-26-28-29-31-33-35-37-39-41-43-45-47-56(67)75-50-53(51-76-64-63(74)61(72)59(70)55(80-64)52-77-65-62(73)60(71)58(69)54(49-66)79-65)78-57(68)48-46-44-42-40-38-36-34-32-30-27-24-22-20-18-16-14-12-10-8-6-4-2/h53-55,58-66,69-74H,3-52H2,1-2H3/t53-,54+,55+,58-,59-,60?,61?,62?,63?,64+,65+/m0/s1. The molecule has 0 aromatic rings. The second-order valence-electron chi connectivity index (χ2n) is 24.0. The highest BCUT2D eigenvalue weighted by molar-refractivity contribution is 5.70. The molecule has 0 aromatic carbocycles. The molecule has 2 saturated heterocycles. The van der Waals surface area contributed by atoms with E-state index < -0.39 is 92.7 Å². The van der Waals surface area contributed by atoms with E-state index in [1.54, 1.807) is 0 Å². The topological polar surface area (TPSA) is 231 Å². The molecule has 15 nitrogen and oxygen atoms in total. The van der Waals surface area contributed by atoms with Gasteiger partial charge >= 0.3 is 11.9 Å². The highest BCUT2D eigenvalue weighted by Gasteiger charge is 2.47. The molecular formula is C65H124O15. The molecule has 0 aromatic heterocycles. The van der Waals surface area contributed by atoms with Crippen LogP contribution in [0.1, 0.15) is 309 Å². The van der Waals surface area contributed by atoms with Crippen molar-refractivity contribution < 1.29 is 73.8 Å². The number of aliphatic hydroxyl groups excluding tert-OH is 7. The van der Waals surface area contributed by atoms with Crippen LogP contribution in [0.15, 0.2) is 0 Å². The fraction of sp³-hybridized carbons (Fsp3) is 0.969. The third-order valence-corrected chi connectivity index (χ3v) is 16.6. The van der Waals surface area contributed by atoms with E-state index in [9.17, 15) is 45.3 Å². The van der Waals surface area contributed by atoms with Gasteiger partial charge < -0.3 is 64.2 Å². The zero-order chi connectivity index (χ0) is 58.1. The molecule has 0 saturated carbocycles. The normalized spacial score (nSPS) is 23.6. The Kier molecular flexibility index (Phi) is 48.4. The van der Waals surface area contributed by atoms with Crippen molar-refractivity contribution in [2.75, 3.05) is 26.4 Å². The van der Waals surface area contributed by atoms with Gasteiger partial charge in [0.1, 0.15) is 55.4 Å². The van der Waals surface area contributed by atoms with Crippen LogP contribution in [0.25, 0.3) is 0 Å². The Labute approximate surface area is 487 Å². The van der Waals surface area contributed by atoms with Crippen molar-refractivity contribution in [1.29, 1.82) is 0 Å². The maximum absolute atomic E-state index is 13.1. The van der Waals surface area contributed by atoms with Crippen molar-refractivity contribution in [2.24, 2.45) is 0 Å². The molecule has 2 aliphatic heterocycles. The number of unbranched alkanes of at least 4 members (excludes halogenated alkanes) is 42. The summed E-state index contributed by atoms with van der Waals surface area (Å²) in [6, 6.07) is 0. The fourth-order valence-electron chi connectivity index (χ4n) is 11.2. The van der Waals surface area contributed by atoms with Gasteiger partial charge in [-0.1, -0.05) is 284 Å². The van der Waals surface area contributed by atoms with Gasteiger partial charge in [-0.25, -0.2) is 0 Å². The van der Waals surface area contributed by atoms with E-state index in [0.717, 1.165) is 38.5 Å². The minimum Gasteiger partial charge on any atom is -0.462 e. The molecule has 80 heavy (non-hydrogen) atoms. The van der Waals surface area contributed by atoms with Gasteiger partial charge in [-0.3, -0.25) is 9.59 Å². The maximum Gasteiger partial charge on any atom is 0.306 e. The van der Waals surface area contributed by atoms with Gasteiger partial charge in [-0.2, -0.15) is 0 Å². The van der Waals surface area contributed by atoms with Crippen LogP contribution in [0, 0.1) is 0 Å². The first-order valence-corrected chi connectivity index (χ1v) is 33.6. The zero-order valence-corrected chi connectivity index (χ0v) is 51.1. The summed E-state index contributed by atoms with van der Waals surface area (Å²) < 4.78 is 33.8. The number of aliphatic hydroxyl groups is 7. The Morgan fingerprint density at radius 3 is 0.975 bits per heavy atom. The molecule has 2 rings (SSSR count). The highest BCUT2D eigenvalue weighted by atomic mass is 16.7. The number of hydrogen-bond donors (Lipinski definition) is 7. The summed E-state index contributed by atoms with van der Waals surface area (Å²) in [7, 11) is 0. The van der Waals surface area contributed by atoms with Gasteiger partial charge in [0, 0.05) is 12.8 Å². The molecule has 15 heteroatoms. The smallest absolute Gasteiger partial charge is 0.306 e. The second-order valence-corrected chi connectivity index (χ2v) is 24.0. The third-order valence-electron chi connectivity index (χ3n) is 16.6. The summed E-state index contributed by atoms with van der Waals surface area (Å²) in [5.74, 6) is -0.898. The fourth-order valence-corrected chi connectivity index (χ4v) is 11.2. The summed E-state index contributed by atoms with van der Waals surface area (Å²) in [5, 5.41) is 72.5. The molecular weight excluding hydrogens is 1020 g/mol. The summed E-state index contributed by atoms with van der Waals surface area (Å²) in [6.45, 7) is 2.69. The molecule has 2 aliphatic rings. The largest absolute Gasteiger partial charge is 0.462 e. The van der Waals surface area contributed by atoms with Crippen molar-refractivity contribution in [1.82, 2.24) is 0 Å². The molecule has 0 bridgehead atoms. The van der Waals surface area contributed by atoms with Crippen molar-refractivity contribution in [2.45, 2.75) is 377 Å². The third kappa shape index (κ3) is 37.7. The molecule has 474 valence electrons. The average Bonchev–Trinajstić information content (AvgIpc) is 3.50.